The molecule has 2 aliphatic rings. The van der Waals surface area contributed by atoms with E-state index in [1.807, 2.05) is 6.07 Å². The van der Waals surface area contributed by atoms with Crippen LogP contribution in [0.25, 0.3) is 0 Å². The molecule has 0 spiro atoms. The lowest BCUT2D eigenvalue weighted by Crippen LogP contribution is -2.44. The van der Waals surface area contributed by atoms with Crippen molar-refractivity contribution in [1.29, 1.82) is 0 Å². The van der Waals surface area contributed by atoms with Gasteiger partial charge in [-0.05, 0) is 50.6 Å². The van der Waals surface area contributed by atoms with E-state index in [2.05, 4.69) is 41.2 Å². The number of carbonyl (C=O) groups excluding carboxylic acids is 1. The molecule has 1 amide bonds. The Hall–Kier alpha value is -1.59. The van der Waals surface area contributed by atoms with Crippen LogP contribution in [0.3, 0.4) is 0 Å². The monoisotopic (exact) mass is 303 g/mol. The van der Waals surface area contributed by atoms with E-state index in [4.69, 9.17) is 4.74 Å². The molecule has 5 nitrogen and oxygen atoms in total. The van der Waals surface area contributed by atoms with Gasteiger partial charge in [-0.3, -0.25) is 4.79 Å². The number of ether oxygens (including phenoxy) is 1. The van der Waals surface area contributed by atoms with Crippen molar-refractivity contribution in [2.45, 2.75) is 25.9 Å². The van der Waals surface area contributed by atoms with Crippen LogP contribution < -0.4 is 10.2 Å². The van der Waals surface area contributed by atoms with Crippen molar-refractivity contribution in [2.24, 2.45) is 0 Å². The van der Waals surface area contributed by atoms with Crippen LogP contribution in [-0.4, -0.2) is 56.7 Å². The number of anilines is 2. The van der Waals surface area contributed by atoms with E-state index >= 15 is 0 Å². The molecule has 1 aromatic carbocycles. The summed E-state index contributed by atoms with van der Waals surface area (Å²) in [6.45, 7) is 7.10. The van der Waals surface area contributed by atoms with Gasteiger partial charge < -0.3 is 19.9 Å². The summed E-state index contributed by atoms with van der Waals surface area (Å²) in [5.74, 6) is -0.0238. The second kappa shape index (κ2) is 6.67. The minimum atomic E-state index is -0.280. The van der Waals surface area contributed by atoms with Gasteiger partial charge in [0.2, 0.25) is 0 Å². The lowest BCUT2D eigenvalue weighted by atomic mass is 10.1. The van der Waals surface area contributed by atoms with Crippen LogP contribution in [0.5, 0.6) is 0 Å². The summed E-state index contributed by atoms with van der Waals surface area (Å²) in [5.41, 5.74) is 3.33. The first-order chi connectivity index (χ1) is 10.6. The maximum atomic E-state index is 12.1. The van der Waals surface area contributed by atoms with Gasteiger partial charge in [0.05, 0.1) is 0 Å². The molecule has 0 aliphatic carbocycles. The molecule has 0 aromatic heterocycles. The lowest BCUT2D eigenvalue weighted by molar-refractivity contribution is -0.124. The van der Waals surface area contributed by atoms with E-state index < -0.39 is 0 Å². The first kappa shape index (κ1) is 15.3. The van der Waals surface area contributed by atoms with Gasteiger partial charge in [-0.25, -0.2) is 0 Å². The Morgan fingerprint density at radius 2 is 2.05 bits per heavy atom. The number of likely N-dealkylation sites (N-methyl/N-ethyl adjacent to an activating group) is 1. The molecule has 1 aromatic rings. The molecule has 22 heavy (non-hydrogen) atoms. The summed E-state index contributed by atoms with van der Waals surface area (Å²) in [5, 5.41) is 2.97. The Morgan fingerprint density at radius 3 is 2.68 bits per heavy atom. The molecular weight excluding hydrogens is 278 g/mol. The molecule has 120 valence electrons. The summed E-state index contributed by atoms with van der Waals surface area (Å²) in [6, 6.07) is 6.17. The predicted octanol–water partition coefficient (Wildman–Crippen LogP) is 1.86. The van der Waals surface area contributed by atoms with Crippen molar-refractivity contribution in [3.05, 3.63) is 23.8 Å². The van der Waals surface area contributed by atoms with Gasteiger partial charge in [0, 0.05) is 44.2 Å². The van der Waals surface area contributed by atoms with Crippen LogP contribution >= 0.6 is 0 Å². The highest BCUT2D eigenvalue weighted by Gasteiger charge is 2.23. The molecule has 2 fully saturated rings. The zero-order chi connectivity index (χ0) is 15.5. The zero-order valence-corrected chi connectivity index (χ0v) is 13.5. The largest absolute Gasteiger partial charge is 0.369 e. The van der Waals surface area contributed by atoms with E-state index in [-0.39, 0.29) is 12.0 Å². The van der Waals surface area contributed by atoms with E-state index in [1.165, 1.54) is 11.3 Å². The van der Waals surface area contributed by atoms with Gasteiger partial charge in [0.15, 0.2) is 0 Å². The molecular formula is C17H25N3O2. The van der Waals surface area contributed by atoms with Crippen molar-refractivity contribution in [2.75, 3.05) is 50.1 Å². The predicted molar refractivity (Wildman–Crippen MR) is 88.5 cm³/mol. The smallest absolute Gasteiger partial charge is 0.253 e. The third-order valence-electron chi connectivity index (χ3n) is 4.53. The van der Waals surface area contributed by atoms with Crippen molar-refractivity contribution < 1.29 is 9.53 Å². The lowest BCUT2D eigenvalue weighted by Gasteiger charge is -2.35. The Balaban J connectivity index is 1.65. The number of hydrogen-bond donors (Lipinski definition) is 1. The second-order valence-corrected chi connectivity index (χ2v) is 6.28. The number of hydrogen-bond acceptors (Lipinski definition) is 4. The van der Waals surface area contributed by atoms with Crippen LogP contribution in [0.2, 0.25) is 0 Å². The van der Waals surface area contributed by atoms with Gasteiger partial charge in [-0.2, -0.15) is 0 Å². The first-order valence-corrected chi connectivity index (χ1v) is 8.10. The number of piperazine rings is 1. The van der Waals surface area contributed by atoms with Crippen molar-refractivity contribution >= 4 is 17.3 Å². The van der Waals surface area contributed by atoms with Gasteiger partial charge in [-0.15, -0.1) is 0 Å². The van der Waals surface area contributed by atoms with Crippen LogP contribution in [0.1, 0.15) is 18.4 Å². The SMILES string of the molecule is Cc1cc(NC(=O)C2CCCO2)ccc1N1CCN(C)CC1. The molecule has 1 N–H and O–H groups in total. The second-order valence-electron chi connectivity index (χ2n) is 6.28. The standard InChI is InChI=1S/C17H25N3O2/c1-13-12-14(18-17(21)16-4-3-11-22-16)5-6-15(13)20-9-7-19(2)8-10-20/h5-6,12,16H,3-4,7-11H2,1-2H3,(H,18,21). The van der Waals surface area contributed by atoms with Gasteiger partial charge in [-0.1, -0.05) is 0 Å². The molecule has 2 aliphatic heterocycles. The van der Waals surface area contributed by atoms with Crippen LogP contribution in [0, 0.1) is 6.92 Å². The summed E-state index contributed by atoms with van der Waals surface area (Å²) < 4.78 is 5.42. The fourth-order valence-corrected chi connectivity index (χ4v) is 3.14. The average molecular weight is 303 g/mol. The van der Waals surface area contributed by atoms with Crippen molar-refractivity contribution in [3.8, 4) is 0 Å². The molecule has 0 radical (unpaired) electrons. The molecule has 2 saturated heterocycles. The Morgan fingerprint density at radius 1 is 1.27 bits per heavy atom. The summed E-state index contributed by atoms with van der Waals surface area (Å²) in [4.78, 5) is 16.9. The fourth-order valence-electron chi connectivity index (χ4n) is 3.14. The van der Waals surface area contributed by atoms with Gasteiger partial charge in [0.1, 0.15) is 6.10 Å². The first-order valence-electron chi connectivity index (χ1n) is 8.10. The Bertz CT molecular complexity index is 533. The highest BCUT2D eigenvalue weighted by molar-refractivity contribution is 5.94. The zero-order valence-electron chi connectivity index (χ0n) is 13.5. The van der Waals surface area contributed by atoms with Crippen molar-refractivity contribution in [3.63, 3.8) is 0 Å². The number of amides is 1. The summed E-state index contributed by atoms with van der Waals surface area (Å²) in [7, 11) is 2.16. The highest BCUT2D eigenvalue weighted by atomic mass is 16.5. The molecule has 5 heteroatoms. The molecule has 1 atom stereocenters. The molecule has 3 rings (SSSR count). The minimum absolute atomic E-state index is 0.0238. The maximum absolute atomic E-state index is 12.1. The molecule has 1 unspecified atom stereocenters. The van der Waals surface area contributed by atoms with E-state index in [0.29, 0.717) is 6.61 Å². The van der Waals surface area contributed by atoms with Crippen molar-refractivity contribution in [1.82, 2.24) is 4.90 Å². The molecule has 2 heterocycles. The number of aryl methyl sites for hydroxylation is 1. The van der Waals surface area contributed by atoms with E-state index in [0.717, 1.165) is 44.7 Å². The van der Waals surface area contributed by atoms with Gasteiger partial charge in [0.25, 0.3) is 5.91 Å². The third-order valence-corrected chi connectivity index (χ3v) is 4.53. The van der Waals surface area contributed by atoms with E-state index in [9.17, 15) is 4.79 Å². The summed E-state index contributed by atoms with van der Waals surface area (Å²) >= 11 is 0. The third kappa shape index (κ3) is 3.42. The van der Waals surface area contributed by atoms with E-state index in [1.54, 1.807) is 0 Å². The average Bonchev–Trinajstić information content (AvgIpc) is 3.03. The quantitative estimate of drug-likeness (QED) is 0.926. The Kier molecular flexibility index (Phi) is 4.64. The topological polar surface area (TPSA) is 44.8 Å². The number of nitrogens with one attached hydrogen (secondary N) is 1. The highest BCUT2D eigenvalue weighted by Crippen LogP contribution is 2.25. The number of rotatable bonds is 3. The number of benzene rings is 1. The Labute approximate surface area is 132 Å². The normalized spacial score (nSPS) is 22.8. The van der Waals surface area contributed by atoms with Crippen LogP contribution in [0.4, 0.5) is 11.4 Å². The number of carbonyl (C=O) groups is 1. The molecule has 0 bridgehead atoms. The van der Waals surface area contributed by atoms with Crippen LogP contribution in [0.15, 0.2) is 18.2 Å². The fraction of sp³-hybridized carbons (Fsp3) is 0.588. The molecule has 0 saturated carbocycles. The summed E-state index contributed by atoms with van der Waals surface area (Å²) in [6.07, 6.45) is 1.52. The number of nitrogens with zero attached hydrogens (tertiary/aromatic N) is 2. The van der Waals surface area contributed by atoms with Crippen LogP contribution in [-0.2, 0) is 9.53 Å². The minimum Gasteiger partial charge on any atom is -0.369 e. The van der Waals surface area contributed by atoms with Gasteiger partial charge >= 0.3 is 0 Å². The maximum Gasteiger partial charge on any atom is 0.253 e.